The highest BCUT2D eigenvalue weighted by Crippen LogP contribution is 2.31. The molecule has 1 aliphatic rings. The van der Waals surface area contributed by atoms with E-state index in [0.717, 1.165) is 18.4 Å². The summed E-state index contributed by atoms with van der Waals surface area (Å²) >= 11 is 2.05. The molecule has 106 valence electrons. The predicted molar refractivity (Wildman–Crippen MR) is 84.6 cm³/mol. The third kappa shape index (κ3) is 4.85. The largest absolute Gasteiger partial charge is 0.388 e. The van der Waals surface area contributed by atoms with E-state index in [2.05, 4.69) is 38.1 Å². The molecule has 0 bridgehead atoms. The molecule has 1 N–H and O–H groups in total. The van der Waals surface area contributed by atoms with Crippen molar-refractivity contribution in [1.82, 2.24) is 0 Å². The van der Waals surface area contributed by atoms with Gasteiger partial charge in [0, 0.05) is 0 Å². The van der Waals surface area contributed by atoms with Crippen molar-refractivity contribution in [1.29, 1.82) is 0 Å². The standard InChI is InChI=1S/C17H26OS/c1-13(2)10-15-4-3-5-16(11-15)17(18)12-14-6-8-19-9-7-14/h3-5,11,13-14,17-18H,6-10,12H2,1-2H3. The van der Waals surface area contributed by atoms with Crippen molar-refractivity contribution in [3.05, 3.63) is 35.4 Å². The average molecular weight is 278 g/mol. The summed E-state index contributed by atoms with van der Waals surface area (Å²) in [5.41, 5.74) is 2.46. The van der Waals surface area contributed by atoms with Gasteiger partial charge in [0.25, 0.3) is 0 Å². The molecule has 1 aliphatic heterocycles. The molecule has 1 heterocycles. The SMILES string of the molecule is CC(C)Cc1cccc(C(O)CC2CCSCC2)c1. The fourth-order valence-corrected chi connectivity index (χ4v) is 4.04. The van der Waals surface area contributed by atoms with E-state index < -0.39 is 0 Å². The Hall–Kier alpha value is -0.470. The molecule has 1 fully saturated rings. The third-order valence-electron chi connectivity index (χ3n) is 3.88. The van der Waals surface area contributed by atoms with Crippen molar-refractivity contribution < 1.29 is 5.11 Å². The average Bonchev–Trinajstić information content (AvgIpc) is 2.39. The number of hydrogen-bond donors (Lipinski definition) is 1. The van der Waals surface area contributed by atoms with E-state index in [-0.39, 0.29) is 6.10 Å². The maximum absolute atomic E-state index is 10.4. The molecule has 2 rings (SSSR count). The van der Waals surface area contributed by atoms with Crippen molar-refractivity contribution >= 4 is 11.8 Å². The Kier molecular flexibility index (Phi) is 5.77. The zero-order valence-corrected chi connectivity index (χ0v) is 13.0. The molecule has 0 aromatic heterocycles. The Balaban J connectivity index is 1.95. The summed E-state index contributed by atoms with van der Waals surface area (Å²) in [7, 11) is 0. The Bertz CT molecular complexity index is 383. The number of benzene rings is 1. The second kappa shape index (κ2) is 7.35. The first-order chi connectivity index (χ1) is 9.15. The lowest BCUT2D eigenvalue weighted by Gasteiger charge is -2.24. The van der Waals surface area contributed by atoms with E-state index in [1.165, 1.54) is 29.9 Å². The molecule has 0 aliphatic carbocycles. The highest BCUT2D eigenvalue weighted by molar-refractivity contribution is 7.99. The summed E-state index contributed by atoms with van der Waals surface area (Å²) in [6, 6.07) is 8.54. The van der Waals surface area contributed by atoms with Crippen LogP contribution in [-0.4, -0.2) is 16.6 Å². The Morgan fingerprint density at radius 2 is 2.00 bits per heavy atom. The van der Waals surface area contributed by atoms with Crippen LogP contribution in [0.3, 0.4) is 0 Å². The van der Waals surface area contributed by atoms with Gasteiger partial charge in [-0.15, -0.1) is 0 Å². The molecule has 0 radical (unpaired) electrons. The van der Waals surface area contributed by atoms with Gasteiger partial charge < -0.3 is 5.11 Å². The van der Waals surface area contributed by atoms with Crippen molar-refractivity contribution in [3.8, 4) is 0 Å². The first-order valence-electron chi connectivity index (χ1n) is 7.50. The Labute approximate surface area is 121 Å². The van der Waals surface area contributed by atoms with Crippen LogP contribution in [0.25, 0.3) is 0 Å². The smallest absolute Gasteiger partial charge is 0.0792 e. The quantitative estimate of drug-likeness (QED) is 0.858. The molecule has 0 saturated carbocycles. The summed E-state index contributed by atoms with van der Waals surface area (Å²) in [5, 5.41) is 10.4. The maximum atomic E-state index is 10.4. The van der Waals surface area contributed by atoms with Gasteiger partial charge >= 0.3 is 0 Å². The molecule has 2 heteroatoms. The van der Waals surface area contributed by atoms with Crippen molar-refractivity contribution in [2.24, 2.45) is 11.8 Å². The Morgan fingerprint density at radius 3 is 2.68 bits per heavy atom. The lowest BCUT2D eigenvalue weighted by molar-refractivity contribution is 0.141. The van der Waals surface area contributed by atoms with Crippen LogP contribution < -0.4 is 0 Å². The second-order valence-corrected chi connectivity index (χ2v) is 7.37. The molecule has 1 atom stereocenters. The molecule has 1 nitrogen and oxygen atoms in total. The summed E-state index contributed by atoms with van der Waals surface area (Å²) in [4.78, 5) is 0. The number of aliphatic hydroxyl groups excluding tert-OH is 1. The number of rotatable bonds is 5. The van der Waals surface area contributed by atoms with Crippen LogP contribution in [0.4, 0.5) is 0 Å². The number of hydrogen-bond acceptors (Lipinski definition) is 2. The normalized spacial score (nSPS) is 18.7. The van der Waals surface area contributed by atoms with E-state index in [0.29, 0.717) is 11.8 Å². The zero-order valence-electron chi connectivity index (χ0n) is 12.1. The summed E-state index contributed by atoms with van der Waals surface area (Å²) in [6.45, 7) is 4.48. The predicted octanol–water partition coefficient (Wildman–Crippen LogP) is 4.45. The van der Waals surface area contributed by atoms with Gasteiger partial charge in [-0.1, -0.05) is 38.1 Å². The fourth-order valence-electron chi connectivity index (χ4n) is 2.83. The van der Waals surface area contributed by atoms with Crippen molar-refractivity contribution in [3.63, 3.8) is 0 Å². The number of thioether (sulfide) groups is 1. The van der Waals surface area contributed by atoms with Crippen LogP contribution in [0.5, 0.6) is 0 Å². The van der Waals surface area contributed by atoms with Gasteiger partial charge in [0.05, 0.1) is 6.10 Å². The molecular weight excluding hydrogens is 252 g/mol. The summed E-state index contributed by atoms with van der Waals surface area (Å²) in [6.07, 6.45) is 4.30. The second-order valence-electron chi connectivity index (χ2n) is 6.15. The van der Waals surface area contributed by atoms with Gasteiger partial charge in [-0.3, -0.25) is 0 Å². The van der Waals surface area contributed by atoms with Crippen LogP contribution in [0, 0.1) is 11.8 Å². The lowest BCUT2D eigenvalue weighted by atomic mass is 9.91. The van der Waals surface area contributed by atoms with Crippen molar-refractivity contribution in [2.75, 3.05) is 11.5 Å². The molecule has 19 heavy (non-hydrogen) atoms. The zero-order chi connectivity index (χ0) is 13.7. The minimum absolute atomic E-state index is 0.278. The fraction of sp³-hybridized carbons (Fsp3) is 0.647. The van der Waals surface area contributed by atoms with Gasteiger partial charge in [0.1, 0.15) is 0 Å². The topological polar surface area (TPSA) is 20.2 Å². The van der Waals surface area contributed by atoms with E-state index in [4.69, 9.17) is 0 Å². The first kappa shape index (κ1) is 14.9. The highest BCUT2D eigenvalue weighted by atomic mass is 32.2. The first-order valence-corrected chi connectivity index (χ1v) is 8.65. The molecule has 1 aromatic rings. The highest BCUT2D eigenvalue weighted by Gasteiger charge is 2.18. The minimum Gasteiger partial charge on any atom is -0.388 e. The van der Waals surface area contributed by atoms with Gasteiger partial charge in [0.15, 0.2) is 0 Å². The molecule has 0 amide bonds. The Morgan fingerprint density at radius 1 is 1.26 bits per heavy atom. The molecule has 1 aromatic carbocycles. The van der Waals surface area contributed by atoms with E-state index >= 15 is 0 Å². The van der Waals surface area contributed by atoms with Crippen LogP contribution in [-0.2, 0) is 6.42 Å². The molecular formula is C17H26OS. The lowest BCUT2D eigenvalue weighted by Crippen LogP contribution is -2.13. The van der Waals surface area contributed by atoms with Crippen LogP contribution in [0.1, 0.15) is 50.3 Å². The summed E-state index contributed by atoms with van der Waals surface area (Å²) < 4.78 is 0. The molecule has 0 spiro atoms. The van der Waals surface area contributed by atoms with E-state index in [1.54, 1.807) is 0 Å². The summed E-state index contributed by atoms with van der Waals surface area (Å²) in [5.74, 6) is 3.92. The maximum Gasteiger partial charge on any atom is 0.0792 e. The van der Waals surface area contributed by atoms with E-state index in [1.807, 2.05) is 11.8 Å². The van der Waals surface area contributed by atoms with Gasteiger partial charge in [0.2, 0.25) is 0 Å². The monoisotopic (exact) mass is 278 g/mol. The molecule has 1 unspecified atom stereocenters. The van der Waals surface area contributed by atoms with Crippen LogP contribution >= 0.6 is 11.8 Å². The van der Waals surface area contributed by atoms with Crippen LogP contribution in [0.15, 0.2) is 24.3 Å². The van der Waals surface area contributed by atoms with Gasteiger partial charge in [-0.05, 0) is 60.2 Å². The molecule has 1 saturated heterocycles. The van der Waals surface area contributed by atoms with Crippen LogP contribution in [0.2, 0.25) is 0 Å². The van der Waals surface area contributed by atoms with Crippen molar-refractivity contribution in [2.45, 2.75) is 45.6 Å². The van der Waals surface area contributed by atoms with E-state index in [9.17, 15) is 5.11 Å². The third-order valence-corrected chi connectivity index (χ3v) is 4.93. The minimum atomic E-state index is -0.278. The number of aliphatic hydroxyl groups is 1. The van der Waals surface area contributed by atoms with Gasteiger partial charge in [-0.2, -0.15) is 11.8 Å². The van der Waals surface area contributed by atoms with Gasteiger partial charge in [-0.25, -0.2) is 0 Å².